The van der Waals surface area contributed by atoms with Gasteiger partial charge in [0.2, 0.25) is 0 Å². The Kier molecular flexibility index (Phi) is 6.00. The quantitative estimate of drug-likeness (QED) is 0.659. The Morgan fingerprint density at radius 1 is 0.682 bits per heavy atom. The third-order valence-electron chi connectivity index (χ3n) is 3.00. The molecular weight excluding hydrogens is 365 g/mol. The highest BCUT2D eigenvalue weighted by atomic mass is 28.5. The standard InChI is InChI=1S/C11H27F3O4Si4/c1-19(2)15-20(3,4)17-22(7,18-21(5,6)16-19)10-8-9-11(12,13)14/h8-10H2,1-7H3. The molecule has 1 aliphatic rings. The monoisotopic (exact) mass is 392 g/mol. The molecule has 0 N–H and O–H groups in total. The second-order valence-electron chi connectivity index (χ2n) is 7.21. The van der Waals surface area contributed by atoms with Crippen LogP contribution in [0.4, 0.5) is 13.2 Å². The van der Waals surface area contributed by atoms with Crippen molar-refractivity contribution >= 4 is 34.2 Å². The van der Waals surface area contributed by atoms with Crippen LogP contribution in [0.15, 0.2) is 0 Å². The van der Waals surface area contributed by atoms with Gasteiger partial charge in [-0.1, -0.05) is 0 Å². The molecule has 4 nitrogen and oxygen atoms in total. The fourth-order valence-corrected chi connectivity index (χ4v) is 24.6. The molecule has 0 bridgehead atoms. The summed E-state index contributed by atoms with van der Waals surface area (Å²) in [5, 5.41) is 0. The summed E-state index contributed by atoms with van der Waals surface area (Å²) in [4.78, 5) is 0. The Morgan fingerprint density at radius 3 is 1.41 bits per heavy atom. The molecule has 0 atom stereocenters. The third-order valence-corrected chi connectivity index (χ3v) is 19.5. The van der Waals surface area contributed by atoms with Gasteiger partial charge in [0.1, 0.15) is 0 Å². The fourth-order valence-electron chi connectivity index (χ4n) is 3.02. The van der Waals surface area contributed by atoms with E-state index >= 15 is 0 Å². The van der Waals surface area contributed by atoms with Gasteiger partial charge in [-0.3, -0.25) is 0 Å². The van der Waals surface area contributed by atoms with Crippen molar-refractivity contribution in [3.63, 3.8) is 0 Å². The minimum absolute atomic E-state index is 0.0159. The van der Waals surface area contributed by atoms with Crippen LogP contribution in [0, 0.1) is 0 Å². The lowest BCUT2D eigenvalue weighted by molar-refractivity contribution is -0.134. The van der Waals surface area contributed by atoms with E-state index in [1.807, 2.05) is 45.8 Å². The predicted molar refractivity (Wildman–Crippen MR) is 88.5 cm³/mol. The molecule has 0 aromatic rings. The van der Waals surface area contributed by atoms with Crippen molar-refractivity contribution in [3.05, 3.63) is 0 Å². The molecule has 22 heavy (non-hydrogen) atoms. The van der Waals surface area contributed by atoms with Gasteiger partial charge in [-0.25, -0.2) is 0 Å². The van der Waals surface area contributed by atoms with E-state index in [1.54, 1.807) is 0 Å². The number of hydrogen-bond donors (Lipinski definition) is 0. The zero-order chi connectivity index (χ0) is 17.4. The molecule has 1 rings (SSSR count). The molecule has 0 aromatic carbocycles. The Hall–Kier alpha value is 0.498. The minimum atomic E-state index is -4.14. The average molecular weight is 393 g/mol. The van der Waals surface area contributed by atoms with Crippen molar-refractivity contribution in [1.82, 2.24) is 0 Å². The zero-order valence-electron chi connectivity index (χ0n) is 14.4. The molecule has 132 valence electrons. The molecule has 0 radical (unpaired) electrons. The summed E-state index contributed by atoms with van der Waals surface area (Å²) < 4.78 is 61.9. The van der Waals surface area contributed by atoms with Crippen LogP contribution in [0.25, 0.3) is 0 Å². The van der Waals surface area contributed by atoms with Crippen LogP contribution < -0.4 is 0 Å². The molecule has 0 aromatic heterocycles. The normalized spacial score (nSPS) is 27.0. The van der Waals surface area contributed by atoms with Gasteiger partial charge in [0.05, 0.1) is 0 Å². The first-order chi connectivity index (χ1) is 9.54. The first kappa shape index (κ1) is 20.5. The maximum atomic E-state index is 12.4. The van der Waals surface area contributed by atoms with Crippen LogP contribution in [-0.4, -0.2) is 40.4 Å². The van der Waals surface area contributed by atoms with Crippen molar-refractivity contribution in [2.45, 2.75) is 70.9 Å². The predicted octanol–water partition coefficient (Wildman–Crippen LogP) is 4.59. The lowest BCUT2D eigenvalue weighted by Crippen LogP contribution is -2.65. The van der Waals surface area contributed by atoms with Crippen LogP contribution in [0.1, 0.15) is 12.8 Å². The lowest BCUT2D eigenvalue weighted by atomic mass is 10.3. The van der Waals surface area contributed by atoms with Gasteiger partial charge in [0.15, 0.2) is 0 Å². The highest BCUT2D eigenvalue weighted by molar-refractivity contribution is 6.93. The van der Waals surface area contributed by atoms with Crippen molar-refractivity contribution < 1.29 is 29.6 Å². The van der Waals surface area contributed by atoms with Crippen LogP contribution >= 0.6 is 0 Å². The molecular formula is C11H27F3O4Si4. The Labute approximate surface area is 135 Å². The molecule has 1 saturated heterocycles. The van der Waals surface area contributed by atoms with Gasteiger partial charge in [-0.05, 0) is 58.3 Å². The summed E-state index contributed by atoms with van der Waals surface area (Å²) in [5.74, 6) is 0. The third kappa shape index (κ3) is 7.38. The molecule has 11 heteroatoms. The Morgan fingerprint density at radius 2 is 1.05 bits per heavy atom. The Bertz CT molecular complexity index is 379. The second kappa shape index (κ2) is 6.42. The fraction of sp³-hybridized carbons (Fsp3) is 1.00. The summed E-state index contributed by atoms with van der Waals surface area (Å²) in [6.07, 6.45) is -4.94. The summed E-state index contributed by atoms with van der Waals surface area (Å²) >= 11 is 0. The van der Waals surface area contributed by atoms with E-state index in [0.717, 1.165) is 0 Å². The second-order valence-corrected chi connectivity index (χ2v) is 21.6. The summed E-state index contributed by atoms with van der Waals surface area (Å²) in [6.45, 7) is 13.4. The summed E-state index contributed by atoms with van der Waals surface area (Å²) in [5.41, 5.74) is 0. The van der Waals surface area contributed by atoms with Gasteiger partial charge in [-0.2, -0.15) is 13.2 Å². The van der Waals surface area contributed by atoms with Crippen LogP contribution in [-0.2, 0) is 16.5 Å². The van der Waals surface area contributed by atoms with E-state index < -0.39 is 46.8 Å². The molecule has 0 aliphatic carbocycles. The van der Waals surface area contributed by atoms with E-state index in [4.69, 9.17) is 16.5 Å². The van der Waals surface area contributed by atoms with E-state index in [-0.39, 0.29) is 6.42 Å². The van der Waals surface area contributed by atoms with Crippen molar-refractivity contribution in [3.8, 4) is 0 Å². The maximum Gasteiger partial charge on any atom is 0.389 e. The number of halogens is 3. The smallest absolute Gasteiger partial charge is 0.389 e. The number of alkyl halides is 3. The van der Waals surface area contributed by atoms with E-state index in [2.05, 4.69) is 0 Å². The molecule has 1 fully saturated rings. The first-order valence-corrected chi connectivity index (χ1v) is 18.4. The van der Waals surface area contributed by atoms with E-state index in [9.17, 15) is 13.2 Å². The Balaban J connectivity index is 2.88. The van der Waals surface area contributed by atoms with Crippen molar-refractivity contribution in [2.24, 2.45) is 0 Å². The van der Waals surface area contributed by atoms with E-state index in [1.165, 1.54) is 0 Å². The summed E-state index contributed by atoms with van der Waals surface area (Å²) in [6, 6.07) is 0.300. The minimum Gasteiger partial charge on any atom is -0.416 e. The van der Waals surface area contributed by atoms with Gasteiger partial charge >= 0.3 is 40.4 Å². The van der Waals surface area contributed by atoms with Crippen LogP contribution in [0.2, 0.25) is 51.9 Å². The first-order valence-electron chi connectivity index (χ1n) is 7.41. The molecule has 0 unspecified atom stereocenters. The van der Waals surface area contributed by atoms with Crippen LogP contribution in [0.3, 0.4) is 0 Å². The number of hydrogen-bond acceptors (Lipinski definition) is 4. The molecule has 1 heterocycles. The summed E-state index contributed by atoms with van der Waals surface area (Å²) in [7, 11) is -10.1. The van der Waals surface area contributed by atoms with E-state index in [0.29, 0.717) is 6.04 Å². The lowest BCUT2D eigenvalue weighted by Gasteiger charge is -2.47. The molecule has 1 aliphatic heterocycles. The average Bonchev–Trinajstić information content (AvgIpc) is 2.04. The van der Waals surface area contributed by atoms with Gasteiger partial charge < -0.3 is 16.5 Å². The highest BCUT2D eigenvalue weighted by Gasteiger charge is 2.52. The highest BCUT2D eigenvalue weighted by Crippen LogP contribution is 2.34. The molecule has 0 amide bonds. The number of rotatable bonds is 3. The topological polar surface area (TPSA) is 36.9 Å². The van der Waals surface area contributed by atoms with Crippen molar-refractivity contribution in [2.75, 3.05) is 0 Å². The largest absolute Gasteiger partial charge is 0.416 e. The van der Waals surface area contributed by atoms with Crippen molar-refractivity contribution in [1.29, 1.82) is 0 Å². The molecule has 0 spiro atoms. The maximum absolute atomic E-state index is 12.4. The molecule has 0 saturated carbocycles. The zero-order valence-corrected chi connectivity index (χ0v) is 18.4. The van der Waals surface area contributed by atoms with Gasteiger partial charge in [0, 0.05) is 6.42 Å². The van der Waals surface area contributed by atoms with Gasteiger partial charge in [0.25, 0.3) is 0 Å². The van der Waals surface area contributed by atoms with Crippen LogP contribution in [0.5, 0.6) is 0 Å². The van der Waals surface area contributed by atoms with Gasteiger partial charge in [-0.15, -0.1) is 0 Å². The SMILES string of the molecule is C[Si]1(C)O[Si](C)(C)O[Si](C)(CCCC(F)(F)F)O[Si](C)(C)O1.